The molecule has 1 N–H and O–H groups in total. The van der Waals surface area contributed by atoms with Gasteiger partial charge in [-0.3, -0.25) is 0 Å². The van der Waals surface area contributed by atoms with Crippen molar-refractivity contribution in [3.05, 3.63) is 11.1 Å². The highest BCUT2D eigenvalue weighted by Gasteiger charge is 2.33. The van der Waals surface area contributed by atoms with Crippen molar-refractivity contribution in [2.24, 2.45) is 0 Å². The normalized spacial score (nSPS) is 18.6. The second-order valence-corrected chi connectivity index (χ2v) is 7.39. The van der Waals surface area contributed by atoms with E-state index in [-0.39, 0.29) is 17.8 Å². The van der Waals surface area contributed by atoms with E-state index in [2.05, 4.69) is 4.98 Å². The van der Waals surface area contributed by atoms with Crippen molar-refractivity contribution in [1.29, 1.82) is 0 Å². The fraction of sp³-hybridized carbons (Fsp3) is 0.667. The fourth-order valence-electron chi connectivity index (χ4n) is 2.43. The molecule has 134 valence electrons. The third-order valence-electron chi connectivity index (χ3n) is 3.45. The summed E-state index contributed by atoms with van der Waals surface area (Å²) in [5.74, 6) is -1.05. The van der Waals surface area contributed by atoms with Crippen LogP contribution in [0.25, 0.3) is 0 Å². The van der Waals surface area contributed by atoms with E-state index in [9.17, 15) is 9.59 Å². The monoisotopic (exact) mass is 357 g/mol. The molecule has 1 aliphatic heterocycles. The molecule has 1 saturated heterocycles. The summed E-state index contributed by atoms with van der Waals surface area (Å²) in [4.78, 5) is 31.1. The number of aromatic nitrogens is 1. The van der Waals surface area contributed by atoms with E-state index < -0.39 is 11.6 Å². The average Bonchev–Trinajstić information content (AvgIpc) is 2.95. The van der Waals surface area contributed by atoms with Crippen LogP contribution in [-0.4, -0.2) is 72.0 Å². The summed E-state index contributed by atoms with van der Waals surface area (Å²) in [5.41, 5.74) is -0.517. The number of aromatic carboxylic acids is 1. The third-order valence-corrected chi connectivity index (χ3v) is 4.33. The molecule has 1 atom stereocenters. The maximum absolute atomic E-state index is 12.3. The minimum Gasteiger partial charge on any atom is -0.476 e. The SMILES string of the molecule is COC[C@@H]1CN(C(=O)OC(C)(C)C)CCN1c1nc(C(=O)O)cs1. The Hall–Kier alpha value is -1.87. The van der Waals surface area contributed by atoms with Crippen LogP contribution in [0.15, 0.2) is 5.38 Å². The van der Waals surface area contributed by atoms with Gasteiger partial charge in [-0.15, -0.1) is 11.3 Å². The van der Waals surface area contributed by atoms with Gasteiger partial charge in [0.1, 0.15) is 5.60 Å². The van der Waals surface area contributed by atoms with Gasteiger partial charge in [-0.25, -0.2) is 14.6 Å². The van der Waals surface area contributed by atoms with Crippen LogP contribution in [0.4, 0.5) is 9.93 Å². The maximum Gasteiger partial charge on any atom is 0.410 e. The van der Waals surface area contributed by atoms with Crippen LogP contribution in [0, 0.1) is 0 Å². The smallest absolute Gasteiger partial charge is 0.410 e. The summed E-state index contributed by atoms with van der Waals surface area (Å²) in [6, 6.07) is -0.107. The van der Waals surface area contributed by atoms with E-state index in [0.29, 0.717) is 31.4 Å². The minimum atomic E-state index is -1.05. The molecule has 9 heteroatoms. The molecular weight excluding hydrogens is 334 g/mol. The summed E-state index contributed by atoms with van der Waals surface area (Å²) >= 11 is 1.28. The molecule has 1 amide bonds. The zero-order chi connectivity index (χ0) is 17.9. The van der Waals surface area contributed by atoms with Crippen molar-refractivity contribution in [3.63, 3.8) is 0 Å². The molecule has 1 fully saturated rings. The number of rotatable bonds is 4. The van der Waals surface area contributed by atoms with Crippen LogP contribution in [0.2, 0.25) is 0 Å². The van der Waals surface area contributed by atoms with Crippen molar-refractivity contribution in [1.82, 2.24) is 9.88 Å². The van der Waals surface area contributed by atoms with Crippen molar-refractivity contribution >= 4 is 28.5 Å². The molecular formula is C15H23N3O5S. The minimum absolute atomic E-state index is 0.0285. The van der Waals surface area contributed by atoms with Crippen molar-refractivity contribution < 1.29 is 24.2 Å². The molecule has 0 bridgehead atoms. The van der Waals surface area contributed by atoms with Crippen LogP contribution < -0.4 is 4.90 Å². The van der Waals surface area contributed by atoms with Gasteiger partial charge in [0.2, 0.25) is 0 Å². The highest BCUT2D eigenvalue weighted by molar-refractivity contribution is 7.13. The van der Waals surface area contributed by atoms with E-state index in [4.69, 9.17) is 14.6 Å². The number of piperazine rings is 1. The number of amides is 1. The number of methoxy groups -OCH3 is 1. The Morgan fingerprint density at radius 3 is 2.67 bits per heavy atom. The Balaban J connectivity index is 2.10. The van der Waals surface area contributed by atoms with Gasteiger partial charge in [-0.2, -0.15) is 0 Å². The van der Waals surface area contributed by atoms with E-state index in [1.165, 1.54) is 16.7 Å². The summed E-state index contributed by atoms with van der Waals surface area (Å²) < 4.78 is 10.7. The van der Waals surface area contributed by atoms with Crippen molar-refractivity contribution in [3.8, 4) is 0 Å². The zero-order valence-corrected chi connectivity index (χ0v) is 15.1. The first-order valence-corrected chi connectivity index (χ1v) is 8.51. The van der Waals surface area contributed by atoms with Crippen LogP contribution in [0.1, 0.15) is 31.3 Å². The van der Waals surface area contributed by atoms with E-state index in [1.54, 1.807) is 12.0 Å². The lowest BCUT2D eigenvalue weighted by molar-refractivity contribution is 0.0186. The van der Waals surface area contributed by atoms with Gasteiger partial charge in [-0.05, 0) is 20.8 Å². The van der Waals surface area contributed by atoms with E-state index in [1.807, 2.05) is 25.7 Å². The first-order chi connectivity index (χ1) is 11.2. The van der Waals surface area contributed by atoms with Crippen LogP contribution in [0.5, 0.6) is 0 Å². The number of thiazole rings is 1. The number of hydrogen-bond acceptors (Lipinski definition) is 7. The first-order valence-electron chi connectivity index (χ1n) is 7.63. The number of carboxylic acid groups (broad SMARTS) is 1. The largest absolute Gasteiger partial charge is 0.476 e. The summed E-state index contributed by atoms with van der Waals surface area (Å²) in [5, 5.41) is 11.2. The zero-order valence-electron chi connectivity index (χ0n) is 14.3. The van der Waals surface area contributed by atoms with Crippen LogP contribution in [-0.2, 0) is 9.47 Å². The van der Waals surface area contributed by atoms with Crippen LogP contribution in [0.3, 0.4) is 0 Å². The molecule has 0 radical (unpaired) electrons. The number of carboxylic acids is 1. The molecule has 8 nitrogen and oxygen atoms in total. The van der Waals surface area contributed by atoms with Gasteiger partial charge in [0, 0.05) is 32.1 Å². The lowest BCUT2D eigenvalue weighted by atomic mass is 10.2. The molecule has 0 saturated carbocycles. The predicted molar refractivity (Wildman–Crippen MR) is 89.9 cm³/mol. The van der Waals surface area contributed by atoms with E-state index >= 15 is 0 Å². The predicted octanol–water partition coefficient (Wildman–Crippen LogP) is 1.91. The van der Waals surface area contributed by atoms with Gasteiger partial charge >= 0.3 is 12.1 Å². The Bertz CT molecular complexity index is 598. The Morgan fingerprint density at radius 2 is 2.12 bits per heavy atom. The maximum atomic E-state index is 12.3. The molecule has 2 heterocycles. The van der Waals surface area contributed by atoms with E-state index in [0.717, 1.165) is 0 Å². The fourth-order valence-corrected chi connectivity index (χ4v) is 3.33. The Labute approximate surface area is 145 Å². The number of hydrogen-bond donors (Lipinski definition) is 1. The Kier molecular flexibility index (Phi) is 5.66. The lowest BCUT2D eigenvalue weighted by Gasteiger charge is -2.41. The van der Waals surface area contributed by atoms with Crippen molar-refractivity contribution in [2.75, 3.05) is 38.3 Å². The summed E-state index contributed by atoms with van der Waals surface area (Å²) in [6.45, 7) is 7.35. The van der Waals surface area contributed by atoms with Gasteiger partial charge < -0.3 is 24.4 Å². The summed E-state index contributed by atoms with van der Waals surface area (Å²) in [6.07, 6.45) is -0.353. The summed E-state index contributed by atoms with van der Waals surface area (Å²) in [7, 11) is 1.59. The quantitative estimate of drug-likeness (QED) is 0.880. The van der Waals surface area contributed by atoms with Gasteiger partial charge in [0.15, 0.2) is 10.8 Å². The first kappa shape index (κ1) is 18.5. The average molecular weight is 357 g/mol. The molecule has 0 spiro atoms. The molecule has 0 aromatic carbocycles. The number of carbonyl (C=O) groups is 2. The molecule has 0 unspecified atom stereocenters. The molecule has 24 heavy (non-hydrogen) atoms. The number of anilines is 1. The third kappa shape index (κ3) is 4.57. The van der Waals surface area contributed by atoms with Crippen molar-refractivity contribution in [2.45, 2.75) is 32.4 Å². The number of ether oxygens (including phenoxy) is 2. The molecule has 2 rings (SSSR count). The lowest BCUT2D eigenvalue weighted by Crippen LogP contribution is -2.57. The highest BCUT2D eigenvalue weighted by atomic mass is 32.1. The number of nitrogens with zero attached hydrogens (tertiary/aromatic N) is 3. The highest BCUT2D eigenvalue weighted by Crippen LogP contribution is 2.26. The topological polar surface area (TPSA) is 92.2 Å². The standard InChI is InChI=1S/C15H23N3O5S/c1-15(2,3)23-14(21)17-5-6-18(10(7-17)8-22-4)13-16-11(9-24-13)12(19)20/h9-10H,5-8H2,1-4H3,(H,19,20)/t10-/m0/s1. The van der Waals surface area contributed by atoms with Gasteiger partial charge in [-0.1, -0.05) is 0 Å². The number of carbonyl (C=O) groups excluding carboxylic acids is 1. The van der Waals surface area contributed by atoms with Gasteiger partial charge in [0.05, 0.1) is 12.6 Å². The molecule has 1 aromatic rings. The molecule has 1 aromatic heterocycles. The Morgan fingerprint density at radius 1 is 1.42 bits per heavy atom. The second kappa shape index (κ2) is 7.35. The van der Waals surface area contributed by atoms with Crippen LogP contribution >= 0.6 is 11.3 Å². The second-order valence-electron chi connectivity index (χ2n) is 6.55. The molecule has 1 aliphatic rings. The van der Waals surface area contributed by atoms with Gasteiger partial charge in [0.25, 0.3) is 0 Å². The molecule has 0 aliphatic carbocycles.